The Bertz CT molecular complexity index is 1220. The summed E-state index contributed by atoms with van der Waals surface area (Å²) < 4.78 is 60.8. The fourth-order valence-electron chi connectivity index (χ4n) is 2.96. The Labute approximate surface area is 189 Å². The Morgan fingerprint density at radius 1 is 1.06 bits per heavy atom. The van der Waals surface area contributed by atoms with Gasteiger partial charge in [-0.05, 0) is 42.3 Å². The van der Waals surface area contributed by atoms with E-state index in [4.69, 9.17) is 16.3 Å². The van der Waals surface area contributed by atoms with Crippen LogP contribution in [0.5, 0.6) is 5.75 Å². The lowest BCUT2D eigenvalue weighted by molar-refractivity contribution is -0.117. The molecule has 3 aromatic carbocycles. The molecule has 0 aliphatic rings. The molecule has 1 amide bonds. The molecule has 0 bridgehead atoms. The van der Waals surface area contributed by atoms with Gasteiger partial charge in [0.25, 0.3) is 0 Å². The number of sulfonamides is 1. The summed E-state index contributed by atoms with van der Waals surface area (Å²) in [6.45, 7) is 0. The van der Waals surface area contributed by atoms with E-state index in [1.807, 2.05) is 0 Å². The molecule has 3 rings (SSSR count). The van der Waals surface area contributed by atoms with Gasteiger partial charge in [0.15, 0.2) is 0 Å². The summed E-state index contributed by atoms with van der Waals surface area (Å²) >= 11 is 5.95. The average molecular weight is 481 g/mol. The quantitative estimate of drug-likeness (QED) is 0.507. The van der Waals surface area contributed by atoms with Gasteiger partial charge < -0.3 is 10.1 Å². The topological polar surface area (TPSA) is 84.5 Å². The molecule has 0 heterocycles. The Morgan fingerprint density at radius 2 is 1.78 bits per heavy atom. The van der Waals surface area contributed by atoms with Crippen LogP contribution in [0.1, 0.15) is 5.56 Å². The van der Waals surface area contributed by atoms with Crippen LogP contribution in [0, 0.1) is 11.6 Å². The molecule has 0 aliphatic carbocycles. The number of anilines is 1. The van der Waals surface area contributed by atoms with Gasteiger partial charge in [0, 0.05) is 11.1 Å². The molecule has 168 valence electrons. The van der Waals surface area contributed by atoms with Crippen molar-refractivity contribution in [1.82, 2.24) is 4.72 Å². The van der Waals surface area contributed by atoms with Crippen molar-refractivity contribution >= 4 is 33.2 Å². The predicted octanol–water partition coefficient (Wildman–Crippen LogP) is 4.16. The summed E-state index contributed by atoms with van der Waals surface area (Å²) in [5.74, 6) is -2.60. The van der Waals surface area contributed by atoms with Gasteiger partial charge >= 0.3 is 0 Å². The first-order valence-electron chi connectivity index (χ1n) is 9.35. The van der Waals surface area contributed by atoms with Gasteiger partial charge in [-0.1, -0.05) is 41.9 Å². The zero-order valence-electron chi connectivity index (χ0n) is 16.8. The largest absolute Gasteiger partial charge is 0.495 e. The number of nitrogens with one attached hydrogen (secondary N) is 2. The first kappa shape index (κ1) is 23.6. The Morgan fingerprint density at radius 3 is 2.44 bits per heavy atom. The number of hydrogen-bond acceptors (Lipinski definition) is 4. The van der Waals surface area contributed by atoms with E-state index < -0.39 is 33.6 Å². The maximum Gasteiger partial charge on any atom is 0.245 e. The standard InChI is InChI=1S/C22H19ClF2N2O4S/c1-31-20-10-7-15(23)12-21(20)32(29,30)27-19(11-14-5-3-2-4-6-14)22(28)26-18-9-8-16(24)13-17(18)25/h2-10,12-13,19,27H,11H2,1H3,(H,26,28). The van der Waals surface area contributed by atoms with Crippen molar-refractivity contribution in [2.75, 3.05) is 12.4 Å². The predicted molar refractivity (Wildman–Crippen MR) is 117 cm³/mol. The second kappa shape index (κ2) is 10.1. The van der Waals surface area contributed by atoms with E-state index in [-0.39, 0.29) is 27.8 Å². The number of halogens is 3. The highest BCUT2D eigenvalue weighted by Gasteiger charge is 2.29. The van der Waals surface area contributed by atoms with Crippen molar-refractivity contribution in [2.45, 2.75) is 17.4 Å². The number of methoxy groups -OCH3 is 1. The molecule has 0 spiro atoms. The van der Waals surface area contributed by atoms with Crippen molar-refractivity contribution < 1.29 is 26.7 Å². The molecule has 2 N–H and O–H groups in total. The summed E-state index contributed by atoms with van der Waals surface area (Å²) in [6, 6.07) is 14.0. The monoisotopic (exact) mass is 480 g/mol. The lowest BCUT2D eigenvalue weighted by atomic mass is 10.1. The second-order valence-electron chi connectivity index (χ2n) is 6.77. The SMILES string of the molecule is COc1ccc(Cl)cc1S(=O)(=O)NC(Cc1ccccc1)C(=O)Nc1ccc(F)cc1F. The van der Waals surface area contributed by atoms with Gasteiger partial charge in [0.2, 0.25) is 15.9 Å². The summed E-state index contributed by atoms with van der Waals surface area (Å²) in [6.07, 6.45) is -0.0302. The number of hydrogen-bond donors (Lipinski definition) is 2. The fourth-order valence-corrected chi connectivity index (χ4v) is 4.59. The van der Waals surface area contributed by atoms with Gasteiger partial charge in [-0.15, -0.1) is 0 Å². The maximum atomic E-state index is 14.0. The van der Waals surface area contributed by atoms with Crippen molar-refractivity contribution in [3.8, 4) is 5.75 Å². The fraction of sp³-hybridized carbons (Fsp3) is 0.136. The lowest BCUT2D eigenvalue weighted by Crippen LogP contribution is -2.45. The van der Waals surface area contributed by atoms with Gasteiger partial charge in [0.05, 0.1) is 12.8 Å². The summed E-state index contributed by atoms with van der Waals surface area (Å²) in [7, 11) is -2.97. The highest BCUT2D eigenvalue weighted by molar-refractivity contribution is 7.89. The van der Waals surface area contributed by atoms with Crippen LogP contribution in [-0.4, -0.2) is 27.5 Å². The van der Waals surface area contributed by atoms with Gasteiger partial charge in [-0.3, -0.25) is 4.79 Å². The number of rotatable bonds is 8. The molecule has 3 aromatic rings. The Balaban J connectivity index is 1.93. The van der Waals surface area contributed by atoms with E-state index in [9.17, 15) is 22.0 Å². The van der Waals surface area contributed by atoms with E-state index in [1.165, 1.54) is 25.3 Å². The molecule has 0 saturated carbocycles. The second-order valence-corrected chi connectivity index (χ2v) is 8.89. The highest BCUT2D eigenvalue weighted by atomic mass is 35.5. The Hall–Kier alpha value is -3.01. The minimum absolute atomic E-state index is 0.0302. The lowest BCUT2D eigenvalue weighted by Gasteiger charge is -2.20. The number of benzene rings is 3. The molecule has 1 atom stereocenters. The smallest absolute Gasteiger partial charge is 0.245 e. The van der Waals surface area contributed by atoms with Crippen molar-refractivity contribution in [3.63, 3.8) is 0 Å². The van der Waals surface area contributed by atoms with Crippen LogP contribution in [0.4, 0.5) is 14.5 Å². The van der Waals surface area contributed by atoms with Crippen LogP contribution in [0.15, 0.2) is 71.6 Å². The average Bonchev–Trinajstić information content (AvgIpc) is 2.75. The molecule has 0 aromatic heterocycles. The zero-order valence-corrected chi connectivity index (χ0v) is 18.4. The minimum atomic E-state index is -4.27. The van der Waals surface area contributed by atoms with E-state index in [0.717, 1.165) is 12.1 Å². The maximum absolute atomic E-state index is 14.0. The zero-order chi connectivity index (χ0) is 23.3. The highest BCUT2D eigenvalue weighted by Crippen LogP contribution is 2.27. The van der Waals surface area contributed by atoms with Gasteiger partial charge in [-0.2, -0.15) is 4.72 Å². The number of carbonyl (C=O) groups excluding carboxylic acids is 1. The van der Waals surface area contributed by atoms with Crippen LogP contribution in [0.3, 0.4) is 0 Å². The summed E-state index contributed by atoms with van der Waals surface area (Å²) in [5.41, 5.74) is 0.377. The van der Waals surface area contributed by atoms with E-state index in [0.29, 0.717) is 11.6 Å². The first-order valence-corrected chi connectivity index (χ1v) is 11.2. The number of amides is 1. The van der Waals surface area contributed by atoms with E-state index in [1.54, 1.807) is 30.3 Å². The van der Waals surface area contributed by atoms with Crippen LogP contribution in [0.2, 0.25) is 5.02 Å². The van der Waals surface area contributed by atoms with Crippen molar-refractivity contribution in [2.24, 2.45) is 0 Å². The van der Waals surface area contributed by atoms with Gasteiger partial charge in [0.1, 0.15) is 28.3 Å². The van der Waals surface area contributed by atoms with Crippen molar-refractivity contribution in [1.29, 1.82) is 0 Å². The number of ether oxygens (including phenoxy) is 1. The third-order valence-corrected chi connectivity index (χ3v) is 6.23. The molecular weight excluding hydrogens is 462 g/mol. The van der Waals surface area contributed by atoms with E-state index in [2.05, 4.69) is 10.0 Å². The minimum Gasteiger partial charge on any atom is -0.495 e. The molecule has 0 saturated heterocycles. The van der Waals surface area contributed by atoms with Crippen LogP contribution in [-0.2, 0) is 21.2 Å². The molecule has 6 nitrogen and oxygen atoms in total. The molecule has 32 heavy (non-hydrogen) atoms. The molecule has 10 heteroatoms. The van der Waals surface area contributed by atoms with Crippen molar-refractivity contribution in [3.05, 3.63) is 89.0 Å². The summed E-state index contributed by atoms with van der Waals surface area (Å²) in [4.78, 5) is 12.7. The molecule has 1 unspecified atom stereocenters. The van der Waals surface area contributed by atoms with Crippen LogP contribution in [0.25, 0.3) is 0 Å². The third kappa shape index (κ3) is 5.82. The first-order chi connectivity index (χ1) is 15.2. The normalized spacial score (nSPS) is 12.2. The van der Waals surface area contributed by atoms with Gasteiger partial charge in [-0.25, -0.2) is 17.2 Å². The van der Waals surface area contributed by atoms with Crippen LogP contribution >= 0.6 is 11.6 Å². The third-order valence-electron chi connectivity index (χ3n) is 4.50. The number of carbonyl (C=O) groups is 1. The van der Waals surface area contributed by atoms with Crippen LogP contribution < -0.4 is 14.8 Å². The molecular formula is C22H19ClF2N2O4S. The van der Waals surface area contributed by atoms with E-state index >= 15 is 0 Å². The molecule has 0 radical (unpaired) electrons. The molecule has 0 aliphatic heterocycles. The summed E-state index contributed by atoms with van der Waals surface area (Å²) in [5, 5.41) is 2.46. The molecule has 0 fully saturated rings. The Kier molecular flexibility index (Phi) is 7.44.